The fourth-order valence-corrected chi connectivity index (χ4v) is 3.57. The van der Waals surface area contributed by atoms with Crippen LogP contribution in [0, 0.1) is 5.92 Å². The maximum atomic E-state index is 12.4. The SMILES string of the molecule is CC1CCC(NC(=O)CN2Cc3ccccc3C2=O)(C(=O)O)CC1. The average molecular weight is 330 g/mol. The standard InChI is InChI=1S/C18H22N2O4/c1-12-6-8-18(9-7-12,17(23)24)19-15(21)11-20-10-13-4-2-3-5-14(13)16(20)22/h2-5,12H,6-11H2,1H3,(H,19,21)(H,23,24). The second kappa shape index (κ2) is 6.26. The molecule has 1 heterocycles. The molecule has 0 unspecified atom stereocenters. The van der Waals surface area contributed by atoms with Gasteiger partial charge in [-0.1, -0.05) is 25.1 Å². The maximum Gasteiger partial charge on any atom is 0.329 e. The van der Waals surface area contributed by atoms with E-state index in [1.165, 1.54) is 4.90 Å². The second-order valence-corrected chi connectivity index (χ2v) is 6.94. The summed E-state index contributed by atoms with van der Waals surface area (Å²) in [6.45, 7) is 2.37. The predicted molar refractivity (Wildman–Crippen MR) is 87.3 cm³/mol. The number of carbonyl (C=O) groups excluding carboxylic acids is 2. The highest BCUT2D eigenvalue weighted by Crippen LogP contribution is 2.32. The number of amides is 2. The quantitative estimate of drug-likeness (QED) is 0.881. The third kappa shape index (κ3) is 3.00. The number of carboxylic acid groups (broad SMARTS) is 1. The molecular weight excluding hydrogens is 308 g/mol. The van der Waals surface area contributed by atoms with Gasteiger partial charge in [-0.3, -0.25) is 9.59 Å². The predicted octanol–water partition coefficient (Wildman–Crippen LogP) is 1.79. The minimum absolute atomic E-state index is 0.113. The van der Waals surface area contributed by atoms with Crippen molar-refractivity contribution in [2.45, 2.75) is 44.7 Å². The van der Waals surface area contributed by atoms with Gasteiger partial charge >= 0.3 is 5.97 Å². The van der Waals surface area contributed by atoms with Crippen molar-refractivity contribution in [2.24, 2.45) is 5.92 Å². The van der Waals surface area contributed by atoms with Crippen LogP contribution in [0.1, 0.15) is 48.5 Å². The molecule has 6 heteroatoms. The largest absolute Gasteiger partial charge is 0.480 e. The summed E-state index contributed by atoms with van der Waals surface area (Å²) in [6.07, 6.45) is 2.42. The van der Waals surface area contributed by atoms with Crippen molar-refractivity contribution in [1.29, 1.82) is 0 Å². The summed E-state index contributed by atoms with van der Waals surface area (Å²) in [5.41, 5.74) is 0.318. The molecule has 24 heavy (non-hydrogen) atoms. The molecule has 1 fully saturated rings. The van der Waals surface area contributed by atoms with Gasteiger partial charge in [-0.2, -0.15) is 0 Å². The zero-order valence-corrected chi connectivity index (χ0v) is 13.7. The minimum Gasteiger partial charge on any atom is -0.480 e. The zero-order chi connectivity index (χ0) is 17.3. The van der Waals surface area contributed by atoms with Gasteiger partial charge in [0.15, 0.2) is 0 Å². The Balaban J connectivity index is 1.65. The Morgan fingerprint density at radius 1 is 1.29 bits per heavy atom. The first-order valence-corrected chi connectivity index (χ1v) is 8.33. The van der Waals surface area contributed by atoms with E-state index in [2.05, 4.69) is 12.2 Å². The van der Waals surface area contributed by atoms with Crippen LogP contribution in [-0.2, 0) is 16.1 Å². The lowest BCUT2D eigenvalue weighted by Crippen LogP contribution is -2.58. The first kappa shape index (κ1) is 16.5. The van der Waals surface area contributed by atoms with E-state index in [9.17, 15) is 19.5 Å². The summed E-state index contributed by atoms with van der Waals surface area (Å²) >= 11 is 0. The molecule has 0 radical (unpaired) electrons. The van der Waals surface area contributed by atoms with Gasteiger partial charge in [-0.25, -0.2) is 4.79 Å². The smallest absolute Gasteiger partial charge is 0.329 e. The highest BCUT2D eigenvalue weighted by molar-refractivity contribution is 6.00. The Kier molecular flexibility index (Phi) is 4.30. The van der Waals surface area contributed by atoms with Crippen molar-refractivity contribution in [1.82, 2.24) is 10.2 Å². The summed E-state index contributed by atoms with van der Waals surface area (Å²) in [7, 11) is 0. The van der Waals surface area contributed by atoms with Crippen LogP contribution in [0.5, 0.6) is 0 Å². The van der Waals surface area contributed by atoms with Gasteiger partial charge in [0, 0.05) is 12.1 Å². The van der Waals surface area contributed by atoms with Gasteiger partial charge in [0.25, 0.3) is 5.91 Å². The highest BCUT2D eigenvalue weighted by Gasteiger charge is 2.43. The monoisotopic (exact) mass is 330 g/mol. The normalized spacial score (nSPS) is 26.1. The van der Waals surface area contributed by atoms with E-state index in [4.69, 9.17) is 0 Å². The molecule has 2 N–H and O–H groups in total. The van der Waals surface area contributed by atoms with E-state index in [1.807, 2.05) is 12.1 Å². The number of rotatable bonds is 4. The van der Waals surface area contributed by atoms with Crippen LogP contribution in [0.15, 0.2) is 24.3 Å². The second-order valence-electron chi connectivity index (χ2n) is 6.94. The lowest BCUT2D eigenvalue weighted by atomic mass is 9.77. The summed E-state index contributed by atoms with van der Waals surface area (Å²) in [4.78, 5) is 37.9. The average Bonchev–Trinajstić information content (AvgIpc) is 2.86. The van der Waals surface area contributed by atoms with Crippen LogP contribution in [0.25, 0.3) is 0 Å². The molecule has 1 saturated carbocycles. The number of carboxylic acids is 1. The Labute approximate surface area is 140 Å². The van der Waals surface area contributed by atoms with E-state index in [0.717, 1.165) is 18.4 Å². The fraction of sp³-hybridized carbons (Fsp3) is 0.500. The molecule has 1 aliphatic heterocycles. The van der Waals surface area contributed by atoms with Crippen LogP contribution in [0.4, 0.5) is 0 Å². The molecule has 1 aromatic carbocycles. The third-order valence-corrected chi connectivity index (χ3v) is 5.15. The van der Waals surface area contributed by atoms with E-state index in [1.54, 1.807) is 12.1 Å². The lowest BCUT2D eigenvalue weighted by Gasteiger charge is -2.36. The minimum atomic E-state index is -1.20. The fourth-order valence-electron chi connectivity index (χ4n) is 3.57. The molecule has 3 rings (SSSR count). The van der Waals surface area contributed by atoms with Crippen molar-refractivity contribution < 1.29 is 19.5 Å². The molecule has 128 valence electrons. The van der Waals surface area contributed by atoms with Crippen molar-refractivity contribution in [3.8, 4) is 0 Å². The van der Waals surface area contributed by atoms with Crippen LogP contribution >= 0.6 is 0 Å². The number of hydrogen-bond donors (Lipinski definition) is 2. The Morgan fingerprint density at radius 2 is 1.96 bits per heavy atom. The van der Waals surface area contributed by atoms with E-state index >= 15 is 0 Å². The summed E-state index contributed by atoms with van der Waals surface area (Å²) in [6, 6.07) is 7.27. The molecule has 2 amide bonds. The Hall–Kier alpha value is -2.37. The molecule has 0 spiro atoms. The summed E-state index contributed by atoms with van der Waals surface area (Å²) < 4.78 is 0. The molecular formula is C18H22N2O4. The van der Waals surface area contributed by atoms with Gasteiger partial charge in [0.1, 0.15) is 12.1 Å². The highest BCUT2D eigenvalue weighted by atomic mass is 16.4. The molecule has 0 saturated heterocycles. The molecule has 6 nitrogen and oxygen atoms in total. The Bertz CT molecular complexity index is 677. The first-order valence-electron chi connectivity index (χ1n) is 8.33. The number of fused-ring (bicyclic) bond motifs is 1. The number of hydrogen-bond acceptors (Lipinski definition) is 3. The van der Waals surface area contributed by atoms with E-state index in [0.29, 0.717) is 30.9 Å². The van der Waals surface area contributed by atoms with Gasteiger partial charge in [-0.05, 0) is 43.2 Å². The summed E-state index contributed by atoms with van der Waals surface area (Å²) in [5, 5.41) is 12.3. The maximum absolute atomic E-state index is 12.4. The van der Waals surface area contributed by atoms with Crippen molar-refractivity contribution in [2.75, 3.05) is 6.54 Å². The van der Waals surface area contributed by atoms with Gasteiger partial charge < -0.3 is 15.3 Å². The molecule has 0 aromatic heterocycles. The number of aliphatic carboxylic acids is 1. The van der Waals surface area contributed by atoms with Crippen LogP contribution < -0.4 is 5.32 Å². The topological polar surface area (TPSA) is 86.7 Å². The number of nitrogens with one attached hydrogen (secondary N) is 1. The van der Waals surface area contributed by atoms with Crippen molar-refractivity contribution in [3.63, 3.8) is 0 Å². The van der Waals surface area contributed by atoms with Gasteiger partial charge in [0.05, 0.1) is 0 Å². The zero-order valence-electron chi connectivity index (χ0n) is 13.7. The van der Waals surface area contributed by atoms with Crippen LogP contribution in [0.2, 0.25) is 0 Å². The number of nitrogens with zero attached hydrogens (tertiary/aromatic N) is 1. The molecule has 2 aliphatic rings. The Morgan fingerprint density at radius 3 is 2.58 bits per heavy atom. The van der Waals surface area contributed by atoms with Gasteiger partial charge in [0.2, 0.25) is 5.91 Å². The number of benzene rings is 1. The van der Waals surface area contributed by atoms with E-state index < -0.39 is 17.4 Å². The van der Waals surface area contributed by atoms with E-state index in [-0.39, 0.29) is 12.5 Å². The third-order valence-electron chi connectivity index (χ3n) is 5.15. The van der Waals surface area contributed by atoms with Gasteiger partial charge in [-0.15, -0.1) is 0 Å². The van der Waals surface area contributed by atoms with Crippen LogP contribution in [0.3, 0.4) is 0 Å². The van der Waals surface area contributed by atoms with Crippen molar-refractivity contribution in [3.05, 3.63) is 35.4 Å². The van der Waals surface area contributed by atoms with Crippen LogP contribution in [-0.4, -0.2) is 39.9 Å². The lowest BCUT2D eigenvalue weighted by molar-refractivity contribution is -0.149. The number of carbonyl (C=O) groups is 3. The molecule has 0 atom stereocenters. The first-order chi connectivity index (χ1) is 11.4. The van der Waals surface area contributed by atoms with Crippen molar-refractivity contribution >= 4 is 17.8 Å². The summed E-state index contributed by atoms with van der Waals surface area (Å²) in [5.74, 6) is -1.10. The molecule has 1 aromatic rings. The molecule has 1 aliphatic carbocycles. The molecule has 0 bridgehead atoms.